The summed E-state index contributed by atoms with van der Waals surface area (Å²) in [4.78, 5) is 18.3. The Balaban J connectivity index is 1.39. The van der Waals surface area contributed by atoms with Crippen LogP contribution in [0.5, 0.6) is 0 Å². The van der Waals surface area contributed by atoms with Gasteiger partial charge in [0.2, 0.25) is 5.91 Å². The largest absolute Gasteiger partial charge is 0.375 e. The molecule has 4 rings (SSSR count). The van der Waals surface area contributed by atoms with Gasteiger partial charge in [0.1, 0.15) is 6.54 Å². The average molecular weight is 363 g/mol. The molecule has 4 fully saturated rings. The van der Waals surface area contributed by atoms with Gasteiger partial charge in [0.15, 0.2) is 5.96 Å². The van der Waals surface area contributed by atoms with E-state index in [1.807, 2.05) is 0 Å². The molecule has 0 aromatic heterocycles. The van der Waals surface area contributed by atoms with E-state index in [9.17, 15) is 4.79 Å². The van der Waals surface area contributed by atoms with E-state index in [-0.39, 0.29) is 18.1 Å². The monoisotopic (exact) mass is 362 g/mol. The zero-order valence-corrected chi connectivity index (χ0v) is 16.3. The van der Waals surface area contributed by atoms with Crippen molar-refractivity contribution >= 4 is 11.9 Å². The van der Waals surface area contributed by atoms with E-state index in [0.29, 0.717) is 12.1 Å². The van der Waals surface area contributed by atoms with Crippen molar-refractivity contribution in [3.63, 3.8) is 0 Å². The maximum absolute atomic E-state index is 12.0. The summed E-state index contributed by atoms with van der Waals surface area (Å²) in [5.41, 5.74) is 0.118. The lowest BCUT2D eigenvalue weighted by Crippen LogP contribution is -2.55. The highest BCUT2D eigenvalue weighted by molar-refractivity contribution is 5.85. The summed E-state index contributed by atoms with van der Waals surface area (Å²) in [5.74, 6) is 2.55. The lowest BCUT2D eigenvalue weighted by molar-refractivity contribution is -0.134. The highest BCUT2D eigenvalue weighted by Crippen LogP contribution is 2.44. The minimum Gasteiger partial charge on any atom is -0.375 e. The number of carbonyl (C=O) groups is 1. The first-order chi connectivity index (χ1) is 12.5. The molecule has 1 amide bonds. The van der Waals surface area contributed by atoms with E-state index < -0.39 is 0 Å². The molecular formula is C20H34N4O2. The third-order valence-corrected chi connectivity index (χ3v) is 7.03. The Labute approximate surface area is 157 Å². The lowest BCUT2D eigenvalue weighted by atomic mass is 9.74. The van der Waals surface area contributed by atoms with E-state index in [1.54, 1.807) is 19.0 Å². The van der Waals surface area contributed by atoms with Gasteiger partial charge in [0.05, 0.1) is 5.60 Å². The van der Waals surface area contributed by atoms with E-state index >= 15 is 0 Å². The number of hydrogen-bond donors (Lipinski definition) is 2. The number of aliphatic imine (C=N–C) groups is 1. The van der Waals surface area contributed by atoms with Crippen LogP contribution in [0.1, 0.15) is 57.8 Å². The fraction of sp³-hybridized carbons (Fsp3) is 0.900. The molecule has 4 atom stereocenters. The van der Waals surface area contributed by atoms with Crippen molar-refractivity contribution in [2.75, 3.05) is 27.2 Å². The fourth-order valence-corrected chi connectivity index (χ4v) is 5.28. The summed E-state index contributed by atoms with van der Waals surface area (Å²) >= 11 is 0. The summed E-state index contributed by atoms with van der Waals surface area (Å²) in [6.45, 7) is 1.03. The smallest absolute Gasteiger partial charge is 0.243 e. The minimum atomic E-state index is 0.0430. The summed E-state index contributed by atoms with van der Waals surface area (Å²) in [5, 5.41) is 7.33. The minimum absolute atomic E-state index is 0.0430. The molecule has 0 radical (unpaired) electrons. The molecule has 146 valence electrons. The Bertz CT molecular complexity index is 558. The predicted octanol–water partition coefficient (Wildman–Crippen LogP) is 1.90. The van der Waals surface area contributed by atoms with Crippen molar-refractivity contribution in [1.82, 2.24) is 15.5 Å². The van der Waals surface area contributed by atoms with Gasteiger partial charge in [-0.25, -0.2) is 4.99 Å². The first-order valence-corrected chi connectivity index (χ1v) is 10.4. The third-order valence-electron chi connectivity index (χ3n) is 7.03. The summed E-state index contributed by atoms with van der Waals surface area (Å²) in [7, 11) is 3.57. The molecule has 2 N–H and O–H groups in total. The normalized spacial score (nSPS) is 35.2. The van der Waals surface area contributed by atoms with Crippen molar-refractivity contribution in [3.05, 3.63) is 0 Å². The Morgan fingerprint density at radius 1 is 1.19 bits per heavy atom. The van der Waals surface area contributed by atoms with Gasteiger partial charge in [-0.15, -0.1) is 0 Å². The van der Waals surface area contributed by atoms with Crippen molar-refractivity contribution in [2.24, 2.45) is 16.8 Å². The SMILES string of the molecule is CN(C)C(=O)CN=C(NC1CCOC2(CCC2)C1)NC1CC2CCC1C2. The summed E-state index contributed by atoms with van der Waals surface area (Å²) in [6, 6.07) is 0.912. The van der Waals surface area contributed by atoms with Crippen LogP contribution >= 0.6 is 0 Å². The van der Waals surface area contributed by atoms with Gasteiger partial charge in [0, 0.05) is 32.8 Å². The van der Waals surface area contributed by atoms with Gasteiger partial charge in [-0.2, -0.15) is 0 Å². The maximum atomic E-state index is 12.0. The molecule has 4 unspecified atom stereocenters. The van der Waals surface area contributed by atoms with Crippen molar-refractivity contribution in [3.8, 4) is 0 Å². The van der Waals surface area contributed by atoms with Crippen LogP contribution in [0.15, 0.2) is 4.99 Å². The average Bonchev–Trinajstić information content (AvgIpc) is 3.21. The van der Waals surface area contributed by atoms with Crippen molar-refractivity contribution in [2.45, 2.75) is 75.5 Å². The Morgan fingerprint density at radius 2 is 2.04 bits per heavy atom. The molecular weight excluding hydrogens is 328 g/mol. The van der Waals surface area contributed by atoms with E-state index in [2.05, 4.69) is 15.6 Å². The molecule has 1 heterocycles. The topological polar surface area (TPSA) is 66.0 Å². The molecule has 1 aliphatic heterocycles. The first kappa shape index (κ1) is 18.1. The molecule has 3 aliphatic carbocycles. The number of nitrogens with one attached hydrogen (secondary N) is 2. The molecule has 2 bridgehead atoms. The third kappa shape index (κ3) is 3.85. The summed E-state index contributed by atoms with van der Waals surface area (Å²) < 4.78 is 6.06. The molecule has 0 aromatic rings. The number of hydrogen-bond acceptors (Lipinski definition) is 3. The lowest BCUT2D eigenvalue weighted by Gasteiger charge is -2.47. The number of fused-ring (bicyclic) bond motifs is 2. The Morgan fingerprint density at radius 3 is 2.65 bits per heavy atom. The van der Waals surface area contributed by atoms with Crippen LogP contribution in [0, 0.1) is 11.8 Å². The van der Waals surface area contributed by atoms with Crippen LogP contribution in [-0.2, 0) is 9.53 Å². The zero-order valence-electron chi connectivity index (χ0n) is 16.3. The molecule has 0 aromatic carbocycles. The van der Waals surface area contributed by atoms with E-state index in [0.717, 1.165) is 37.2 Å². The van der Waals surface area contributed by atoms with Crippen LogP contribution in [0.4, 0.5) is 0 Å². The van der Waals surface area contributed by atoms with E-state index in [4.69, 9.17) is 4.74 Å². The standard InChI is InChI=1S/C20H34N4O2/c1-24(2)18(25)13-21-19(23-17-11-14-4-5-15(17)10-14)22-16-6-9-26-20(12-16)7-3-8-20/h14-17H,3-13H2,1-2H3,(H2,21,22,23). The Kier molecular flexibility index (Phi) is 5.13. The van der Waals surface area contributed by atoms with Crippen LogP contribution in [0.25, 0.3) is 0 Å². The molecule has 6 nitrogen and oxygen atoms in total. The fourth-order valence-electron chi connectivity index (χ4n) is 5.28. The quantitative estimate of drug-likeness (QED) is 0.592. The molecule has 1 saturated heterocycles. The highest BCUT2D eigenvalue weighted by atomic mass is 16.5. The van der Waals surface area contributed by atoms with E-state index in [1.165, 1.54) is 44.9 Å². The predicted molar refractivity (Wildman–Crippen MR) is 102 cm³/mol. The highest BCUT2D eigenvalue weighted by Gasteiger charge is 2.43. The molecule has 1 spiro atoms. The molecule has 3 saturated carbocycles. The number of amides is 1. The number of guanidine groups is 1. The number of likely N-dealkylation sites (N-methyl/N-ethyl adjacent to an activating group) is 1. The van der Waals surface area contributed by atoms with Crippen molar-refractivity contribution < 1.29 is 9.53 Å². The van der Waals surface area contributed by atoms with Crippen LogP contribution < -0.4 is 10.6 Å². The first-order valence-electron chi connectivity index (χ1n) is 10.4. The maximum Gasteiger partial charge on any atom is 0.243 e. The van der Waals surface area contributed by atoms with Gasteiger partial charge < -0.3 is 20.3 Å². The van der Waals surface area contributed by atoms with Gasteiger partial charge in [-0.1, -0.05) is 6.42 Å². The van der Waals surface area contributed by atoms with Gasteiger partial charge in [-0.05, 0) is 63.2 Å². The van der Waals surface area contributed by atoms with Crippen LogP contribution in [0.3, 0.4) is 0 Å². The van der Waals surface area contributed by atoms with Crippen LogP contribution in [0.2, 0.25) is 0 Å². The number of carbonyl (C=O) groups excluding carboxylic acids is 1. The number of rotatable bonds is 4. The molecule has 26 heavy (non-hydrogen) atoms. The number of nitrogens with zero attached hydrogens (tertiary/aromatic N) is 2. The molecule has 4 aliphatic rings. The second kappa shape index (κ2) is 7.37. The number of ether oxygens (including phenoxy) is 1. The van der Waals surface area contributed by atoms with Crippen molar-refractivity contribution in [1.29, 1.82) is 0 Å². The zero-order chi connectivity index (χ0) is 18.1. The molecule has 6 heteroatoms. The van der Waals surface area contributed by atoms with Gasteiger partial charge in [-0.3, -0.25) is 4.79 Å². The second-order valence-corrected chi connectivity index (χ2v) is 9.10. The van der Waals surface area contributed by atoms with Gasteiger partial charge in [0.25, 0.3) is 0 Å². The second-order valence-electron chi connectivity index (χ2n) is 9.10. The summed E-state index contributed by atoms with van der Waals surface area (Å²) in [6.07, 6.45) is 11.1. The van der Waals surface area contributed by atoms with Gasteiger partial charge >= 0.3 is 0 Å². The van der Waals surface area contributed by atoms with Crippen LogP contribution in [-0.4, -0.2) is 61.7 Å². The Hall–Kier alpha value is -1.30.